The minimum atomic E-state index is -1.53. The third-order valence-electron chi connectivity index (χ3n) is 10.0. The van der Waals surface area contributed by atoms with Gasteiger partial charge in [0.25, 0.3) is 0 Å². The quantitative estimate of drug-likeness (QED) is 0.133. The second-order valence-electron chi connectivity index (χ2n) is 14.3. The summed E-state index contributed by atoms with van der Waals surface area (Å²) in [4.78, 5) is 68.1. The van der Waals surface area contributed by atoms with Crippen molar-refractivity contribution in [3.63, 3.8) is 0 Å². The smallest absolute Gasteiger partial charge is 0.410 e. The van der Waals surface area contributed by atoms with Gasteiger partial charge >= 0.3 is 12.1 Å². The van der Waals surface area contributed by atoms with Crippen molar-refractivity contribution < 1.29 is 38.9 Å². The zero-order valence-corrected chi connectivity index (χ0v) is 30.2. The summed E-state index contributed by atoms with van der Waals surface area (Å²) in [5.74, 6) is -3.33. The largest absolute Gasteiger partial charge is 0.508 e. The lowest BCUT2D eigenvalue weighted by Crippen LogP contribution is -2.62. The highest BCUT2D eigenvalue weighted by atomic mass is 16.6. The monoisotopic (exact) mass is 732 g/mol. The van der Waals surface area contributed by atoms with Crippen LogP contribution in [0.3, 0.4) is 0 Å². The average Bonchev–Trinajstić information content (AvgIpc) is 3.78. The fraction of sp³-hybridized carbons (Fsp3) is 0.310. The van der Waals surface area contributed by atoms with E-state index in [1.54, 1.807) is 36.4 Å². The van der Waals surface area contributed by atoms with Gasteiger partial charge in [-0.3, -0.25) is 19.3 Å². The van der Waals surface area contributed by atoms with E-state index in [-0.39, 0.29) is 31.1 Å². The fourth-order valence-corrected chi connectivity index (χ4v) is 7.12. The number of aliphatic carboxylic acids is 1. The first-order valence-corrected chi connectivity index (χ1v) is 18.0. The van der Waals surface area contributed by atoms with Crippen LogP contribution >= 0.6 is 0 Å². The van der Waals surface area contributed by atoms with Crippen LogP contribution in [0, 0.1) is 0 Å². The SMILES string of the molecule is CC(C)(NC(=O)[C@@H]1CCCN1C(=O)OCC1c2ccccc2-c2ccccc21)C(=O)N[C@@H](Cc1ccccc1)C(=O)N[C@@H](Cc1ccc(O)cc1)C(=O)O. The molecule has 1 aliphatic heterocycles. The van der Waals surface area contributed by atoms with E-state index in [1.165, 1.54) is 30.9 Å². The number of carboxylic acids is 1. The van der Waals surface area contributed by atoms with Gasteiger partial charge in [0.15, 0.2) is 0 Å². The van der Waals surface area contributed by atoms with Crippen molar-refractivity contribution in [2.45, 2.75) is 69.1 Å². The van der Waals surface area contributed by atoms with Crippen molar-refractivity contribution in [1.29, 1.82) is 0 Å². The molecule has 4 amide bonds. The lowest BCUT2D eigenvalue weighted by atomic mass is 9.98. The van der Waals surface area contributed by atoms with Gasteiger partial charge in [-0.2, -0.15) is 0 Å². The van der Waals surface area contributed by atoms with Crippen LogP contribution in [0.25, 0.3) is 11.1 Å². The number of carbonyl (C=O) groups excluding carboxylic acids is 4. The first-order chi connectivity index (χ1) is 25.9. The van der Waals surface area contributed by atoms with E-state index in [0.717, 1.165) is 27.8 Å². The molecular weight excluding hydrogens is 688 g/mol. The van der Waals surface area contributed by atoms with Crippen LogP contribution in [0.4, 0.5) is 4.79 Å². The summed E-state index contributed by atoms with van der Waals surface area (Å²) in [6, 6.07) is 27.6. The second kappa shape index (κ2) is 16.2. The number of rotatable bonds is 13. The highest BCUT2D eigenvalue weighted by Crippen LogP contribution is 2.44. The first kappa shape index (κ1) is 37.6. The van der Waals surface area contributed by atoms with Crippen molar-refractivity contribution in [2.24, 2.45) is 0 Å². The topological polar surface area (TPSA) is 174 Å². The van der Waals surface area contributed by atoms with Gasteiger partial charge in [-0.25, -0.2) is 9.59 Å². The minimum absolute atomic E-state index is 0.0212. The number of amides is 4. The Balaban J connectivity index is 1.10. The molecule has 54 heavy (non-hydrogen) atoms. The van der Waals surface area contributed by atoms with Crippen molar-refractivity contribution in [3.05, 3.63) is 125 Å². The molecule has 3 atom stereocenters. The summed E-state index contributed by atoms with van der Waals surface area (Å²) < 4.78 is 5.84. The summed E-state index contributed by atoms with van der Waals surface area (Å²) >= 11 is 0. The Morgan fingerprint density at radius 1 is 0.778 bits per heavy atom. The maximum Gasteiger partial charge on any atom is 0.410 e. The third-order valence-corrected chi connectivity index (χ3v) is 10.0. The van der Waals surface area contributed by atoms with E-state index in [1.807, 2.05) is 42.5 Å². The van der Waals surface area contributed by atoms with Crippen LogP contribution in [0.1, 0.15) is 54.9 Å². The Labute approximate surface area is 313 Å². The summed E-state index contributed by atoms with van der Waals surface area (Å²) in [6.07, 6.45) is 0.326. The number of carbonyl (C=O) groups is 5. The average molecular weight is 733 g/mol. The maximum absolute atomic E-state index is 13.8. The molecule has 1 saturated heterocycles. The van der Waals surface area contributed by atoms with Gasteiger partial charge in [-0.15, -0.1) is 0 Å². The molecule has 0 spiro atoms. The van der Waals surface area contributed by atoms with Gasteiger partial charge in [-0.1, -0.05) is 91.0 Å². The highest BCUT2D eigenvalue weighted by molar-refractivity contribution is 5.97. The number of nitrogens with one attached hydrogen (secondary N) is 3. The standard InChI is InChI=1S/C42H44N4O8/c1-42(2,40(52)44-34(23-26-11-4-3-5-12-26)37(48)43-35(39(50)51)24-27-18-20-28(47)21-19-27)45-38(49)36-17-10-22-46(36)41(53)54-25-33-31-15-8-6-13-29(31)30-14-7-9-16-32(30)33/h3-9,11-16,18-21,33-36,47H,10,17,22-25H2,1-2H3,(H,43,48)(H,44,52)(H,45,49)(H,50,51)/t34-,35-,36-/m0/s1. The Morgan fingerprint density at radius 3 is 1.98 bits per heavy atom. The molecule has 4 aromatic rings. The van der Waals surface area contributed by atoms with Crippen LogP contribution in [0.5, 0.6) is 5.75 Å². The number of hydrogen-bond acceptors (Lipinski definition) is 7. The molecular formula is C42H44N4O8. The van der Waals surface area contributed by atoms with E-state index < -0.39 is 53.4 Å². The molecule has 12 heteroatoms. The summed E-state index contributed by atoms with van der Waals surface area (Å²) in [6.45, 7) is 3.41. The molecule has 5 N–H and O–H groups in total. The molecule has 1 heterocycles. The molecule has 6 rings (SSSR count). The number of likely N-dealkylation sites (tertiary alicyclic amines) is 1. The molecule has 2 aliphatic rings. The van der Waals surface area contributed by atoms with Gasteiger partial charge < -0.3 is 30.9 Å². The number of fused-ring (bicyclic) bond motifs is 3. The van der Waals surface area contributed by atoms with Gasteiger partial charge in [0, 0.05) is 25.3 Å². The maximum atomic E-state index is 13.8. The van der Waals surface area contributed by atoms with Crippen LogP contribution in [-0.4, -0.2) is 81.7 Å². The lowest BCUT2D eigenvalue weighted by Gasteiger charge is -2.31. The van der Waals surface area contributed by atoms with E-state index in [9.17, 15) is 34.2 Å². The predicted octanol–water partition coefficient (Wildman–Crippen LogP) is 4.54. The molecule has 4 aromatic carbocycles. The van der Waals surface area contributed by atoms with Crippen LogP contribution in [0.2, 0.25) is 0 Å². The Kier molecular flexibility index (Phi) is 11.3. The molecule has 0 bridgehead atoms. The molecule has 12 nitrogen and oxygen atoms in total. The summed E-state index contributed by atoms with van der Waals surface area (Å²) in [7, 11) is 0. The number of nitrogens with zero attached hydrogens (tertiary/aromatic N) is 1. The summed E-state index contributed by atoms with van der Waals surface area (Å²) in [5.41, 5.74) is 4.12. The van der Waals surface area contributed by atoms with Crippen molar-refractivity contribution in [2.75, 3.05) is 13.2 Å². The van der Waals surface area contributed by atoms with Crippen molar-refractivity contribution in [3.8, 4) is 16.9 Å². The molecule has 0 aromatic heterocycles. The van der Waals surface area contributed by atoms with Crippen LogP contribution in [-0.2, 0) is 36.8 Å². The number of aromatic hydroxyl groups is 1. The minimum Gasteiger partial charge on any atom is -0.508 e. The zero-order chi connectivity index (χ0) is 38.4. The molecule has 1 fully saturated rings. The lowest BCUT2D eigenvalue weighted by molar-refractivity contribution is -0.142. The van der Waals surface area contributed by atoms with E-state index >= 15 is 0 Å². The Morgan fingerprint density at radius 2 is 1.35 bits per heavy atom. The molecule has 0 saturated carbocycles. The van der Waals surface area contributed by atoms with Gasteiger partial charge in [0.05, 0.1) is 0 Å². The van der Waals surface area contributed by atoms with Crippen molar-refractivity contribution >= 4 is 29.8 Å². The normalized spacial score (nSPS) is 16.0. The Hall–Kier alpha value is -6.17. The zero-order valence-electron chi connectivity index (χ0n) is 30.2. The first-order valence-electron chi connectivity index (χ1n) is 18.0. The number of phenols is 1. The number of hydrogen-bond donors (Lipinski definition) is 5. The van der Waals surface area contributed by atoms with E-state index in [2.05, 4.69) is 28.1 Å². The van der Waals surface area contributed by atoms with Gasteiger partial charge in [-0.05, 0) is 72.2 Å². The second-order valence-corrected chi connectivity index (χ2v) is 14.3. The van der Waals surface area contributed by atoms with Gasteiger partial charge in [0.1, 0.15) is 36.0 Å². The van der Waals surface area contributed by atoms with E-state index in [4.69, 9.17) is 4.74 Å². The molecule has 280 valence electrons. The summed E-state index contributed by atoms with van der Waals surface area (Å²) in [5, 5.41) is 27.5. The molecule has 0 radical (unpaired) electrons. The number of ether oxygens (including phenoxy) is 1. The third kappa shape index (κ3) is 8.54. The number of carboxylic acid groups (broad SMARTS) is 1. The molecule has 0 unspecified atom stereocenters. The van der Waals surface area contributed by atoms with E-state index in [0.29, 0.717) is 24.9 Å². The van der Waals surface area contributed by atoms with Crippen LogP contribution in [0.15, 0.2) is 103 Å². The van der Waals surface area contributed by atoms with Crippen LogP contribution < -0.4 is 16.0 Å². The Bertz CT molecular complexity index is 1970. The predicted molar refractivity (Wildman–Crippen MR) is 200 cm³/mol. The molecule has 1 aliphatic carbocycles. The van der Waals surface area contributed by atoms with Gasteiger partial charge in [0.2, 0.25) is 17.7 Å². The fourth-order valence-electron chi connectivity index (χ4n) is 7.12. The van der Waals surface area contributed by atoms with Crippen molar-refractivity contribution in [1.82, 2.24) is 20.9 Å². The number of phenolic OH excluding ortho intramolecular Hbond substituents is 1. The highest BCUT2D eigenvalue weighted by Gasteiger charge is 2.41. The number of benzene rings is 4.